The number of hydrogen-bond donors (Lipinski definition) is 1. The van der Waals surface area contributed by atoms with Gasteiger partial charge in [-0.15, -0.1) is 0 Å². The van der Waals surface area contributed by atoms with Gasteiger partial charge in [-0.3, -0.25) is 13.9 Å². The minimum atomic E-state index is -3.92. The number of sulfonamides is 1. The van der Waals surface area contributed by atoms with Crippen LogP contribution in [-0.2, 0) is 32.6 Å². The van der Waals surface area contributed by atoms with Crippen LogP contribution in [0.1, 0.15) is 37.0 Å². The van der Waals surface area contributed by atoms with Gasteiger partial charge >= 0.3 is 0 Å². The Labute approximate surface area is 249 Å². The van der Waals surface area contributed by atoms with E-state index in [1.54, 1.807) is 37.4 Å². The zero-order valence-electron chi connectivity index (χ0n) is 25.2. The Bertz CT molecular complexity index is 1460. The molecule has 42 heavy (non-hydrogen) atoms. The minimum Gasteiger partial charge on any atom is -0.497 e. The maximum atomic E-state index is 14.3. The second-order valence-corrected chi connectivity index (χ2v) is 12.2. The van der Waals surface area contributed by atoms with E-state index in [2.05, 4.69) is 5.32 Å². The van der Waals surface area contributed by atoms with Crippen LogP contribution in [0.3, 0.4) is 0 Å². The lowest BCUT2D eigenvalue weighted by Gasteiger charge is -2.34. The number of aryl methyl sites for hydroxylation is 1. The summed E-state index contributed by atoms with van der Waals surface area (Å²) < 4.78 is 38.1. The molecule has 3 rings (SSSR count). The molecule has 3 aromatic rings. The van der Waals surface area contributed by atoms with Crippen LogP contribution in [0.15, 0.2) is 72.8 Å². The summed E-state index contributed by atoms with van der Waals surface area (Å²) in [5.41, 5.74) is 2.65. The summed E-state index contributed by atoms with van der Waals surface area (Å²) in [4.78, 5) is 29.5. The lowest BCUT2D eigenvalue weighted by molar-refractivity contribution is -0.140. The molecule has 0 radical (unpaired) electrons. The average Bonchev–Trinajstić information content (AvgIpc) is 2.97. The van der Waals surface area contributed by atoms with Crippen molar-refractivity contribution >= 4 is 27.5 Å². The maximum absolute atomic E-state index is 14.3. The van der Waals surface area contributed by atoms with Crippen molar-refractivity contribution in [2.45, 2.75) is 52.2 Å². The highest BCUT2D eigenvalue weighted by molar-refractivity contribution is 7.92. The van der Waals surface area contributed by atoms with Crippen LogP contribution in [0, 0.1) is 6.92 Å². The Hall–Kier alpha value is -4.05. The van der Waals surface area contributed by atoms with Gasteiger partial charge in [0.2, 0.25) is 21.8 Å². The number of nitrogens with one attached hydrogen (secondary N) is 1. The highest BCUT2D eigenvalue weighted by atomic mass is 32.2. The number of carbonyl (C=O) groups is 2. The predicted octanol–water partition coefficient (Wildman–Crippen LogP) is 4.33. The van der Waals surface area contributed by atoms with Crippen molar-refractivity contribution < 1.29 is 27.5 Å². The lowest BCUT2D eigenvalue weighted by atomic mass is 10.0. The number of anilines is 1. The number of hydrogen-bond acceptors (Lipinski definition) is 6. The second-order valence-electron chi connectivity index (χ2n) is 10.3. The third kappa shape index (κ3) is 8.72. The molecule has 0 spiro atoms. The quantitative estimate of drug-likeness (QED) is 0.298. The van der Waals surface area contributed by atoms with Crippen LogP contribution in [0.4, 0.5) is 5.69 Å². The molecule has 0 aliphatic heterocycles. The zero-order valence-corrected chi connectivity index (χ0v) is 26.0. The van der Waals surface area contributed by atoms with E-state index in [0.717, 1.165) is 27.3 Å². The third-order valence-corrected chi connectivity index (χ3v) is 8.17. The van der Waals surface area contributed by atoms with Crippen LogP contribution in [-0.4, -0.2) is 64.2 Å². The fourth-order valence-corrected chi connectivity index (χ4v) is 5.40. The van der Waals surface area contributed by atoms with Gasteiger partial charge in [0.05, 0.1) is 26.2 Å². The zero-order chi connectivity index (χ0) is 30.9. The lowest BCUT2D eigenvalue weighted by Crippen LogP contribution is -2.54. The highest BCUT2D eigenvalue weighted by Crippen LogP contribution is 2.31. The molecule has 1 N–H and O–H groups in total. The van der Waals surface area contributed by atoms with Crippen molar-refractivity contribution in [3.05, 3.63) is 89.5 Å². The van der Waals surface area contributed by atoms with Crippen molar-refractivity contribution in [1.82, 2.24) is 10.2 Å². The summed E-state index contributed by atoms with van der Waals surface area (Å²) in [6.07, 6.45) is 2.00. The summed E-state index contributed by atoms with van der Waals surface area (Å²) in [6.45, 7) is 5.24. The highest BCUT2D eigenvalue weighted by Gasteiger charge is 2.34. The summed E-state index contributed by atoms with van der Waals surface area (Å²) in [7, 11) is -0.922. The van der Waals surface area contributed by atoms with Crippen molar-refractivity contribution in [3.63, 3.8) is 0 Å². The average molecular weight is 596 g/mol. The number of nitrogens with zero attached hydrogens (tertiary/aromatic N) is 2. The van der Waals surface area contributed by atoms with Crippen molar-refractivity contribution in [2.75, 3.05) is 31.3 Å². The van der Waals surface area contributed by atoms with E-state index in [4.69, 9.17) is 9.47 Å². The Morgan fingerprint density at radius 3 is 2.24 bits per heavy atom. The third-order valence-electron chi connectivity index (χ3n) is 7.04. The molecule has 2 atom stereocenters. The van der Waals surface area contributed by atoms with Crippen molar-refractivity contribution in [3.8, 4) is 11.5 Å². The Morgan fingerprint density at radius 1 is 0.929 bits per heavy atom. The van der Waals surface area contributed by atoms with Gasteiger partial charge in [0.25, 0.3) is 0 Å². The molecule has 0 aliphatic rings. The normalized spacial score (nSPS) is 12.6. The van der Waals surface area contributed by atoms with E-state index in [9.17, 15) is 18.0 Å². The SMILES string of the molecule is CC[C@@H](C)NC(=O)[C@@H](Cc1ccccc1)N(Cc1cccc(OC)c1)C(=O)CN(c1cc(C)ccc1OC)S(C)(=O)=O. The molecule has 0 saturated carbocycles. The molecule has 0 heterocycles. The second kappa shape index (κ2) is 14.7. The summed E-state index contributed by atoms with van der Waals surface area (Å²) in [5.74, 6) is 0.0647. The van der Waals surface area contributed by atoms with E-state index in [1.165, 1.54) is 12.0 Å². The van der Waals surface area contributed by atoms with Gasteiger partial charge in [0.1, 0.15) is 24.1 Å². The molecule has 0 fully saturated rings. The number of carbonyl (C=O) groups excluding carboxylic acids is 2. The maximum Gasteiger partial charge on any atom is 0.244 e. The van der Waals surface area contributed by atoms with Gasteiger partial charge in [-0.25, -0.2) is 8.42 Å². The molecule has 3 aromatic carbocycles. The topological polar surface area (TPSA) is 105 Å². The van der Waals surface area contributed by atoms with Gasteiger partial charge < -0.3 is 19.7 Å². The molecular formula is C32H41N3O6S. The van der Waals surface area contributed by atoms with Gasteiger partial charge in [-0.2, -0.15) is 0 Å². The summed E-state index contributed by atoms with van der Waals surface area (Å²) in [5, 5.41) is 3.03. The smallest absolute Gasteiger partial charge is 0.244 e. The van der Waals surface area contributed by atoms with Gasteiger partial charge in [0, 0.05) is 19.0 Å². The molecule has 0 aliphatic carbocycles. The number of methoxy groups -OCH3 is 2. The Morgan fingerprint density at radius 2 is 1.62 bits per heavy atom. The van der Waals surface area contributed by atoms with E-state index in [0.29, 0.717) is 17.9 Å². The number of amides is 2. The fourth-order valence-electron chi connectivity index (χ4n) is 4.55. The van der Waals surface area contributed by atoms with E-state index in [1.807, 2.05) is 63.2 Å². The Kier molecular flexibility index (Phi) is 11.4. The monoisotopic (exact) mass is 595 g/mol. The molecule has 2 amide bonds. The van der Waals surface area contributed by atoms with E-state index in [-0.39, 0.29) is 30.6 Å². The first-order valence-corrected chi connectivity index (χ1v) is 15.7. The van der Waals surface area contributed by atoms with Gasteiger partial charge in [0.15, 0.2) is 0 Å². The molecule has 226 valence electrons. The van der Waals surface area contributed by atoms with Crippen LogP contribution in [0.25, 0.3) is 0 Å². The summed E-state index contributed by atoms with van der Waals surface area (Å²) >= 11 is 0. The molecular weight excluding hydrogens is 554 g/mol. The molecule has 10 heteroatoms. The first kappa shape index (κ1) is 32.5. The standard InChI is InChI=1S/C32H41N3O6S/c1-7-24(3)33-32(37)29(20-25-12-9-8-10-13-25)34(21-26-14-11-15-27(19-26)40-4)31(36)22-35(42(6,38)39)28-18-23(2)16-17-30(28)41-5/h8-19,24,29H,7,20-22H2,1-6H3,(H,33,37)/t24-,29-/m1/s1. The van der Waals surface area contributed by atoms with Crippen LogP contribution < -0.4 is 19.1 Å². The first-order valence-electron chi connectivity index (χ1n) is 13.9. The number of ether oxygens (including phenoxy) is 2. The molecule has 0 bridgehead atoms. The largest absolute Gasteiger partial charge is 0.497 e. The molecule has 0 saturated heterocycles. The minimum absolute atomic E-state index is 0.0595. The van der Waals surface area contributed by atoms with E-state index < -0.39 is 28.5 Å². The summed E-state index contributed by atoms with van der Waals surface area (Å²) in [6, 6.07) is 20.8. The Balaban J connectivity index is 2.12. The van der Waals surface area contributed by atoms with Gasteiger partial charge in [-0.1, -0.05) is 55.5 Å². The van der Waals surface area contributed by atoms with Gasteiger partial charge in [-0.05, 0) is 61.2 Å². The fraction of sp³-hybridized carbons (Fsp3) is 0.375. The molecule has 0 unspecified atom stereocenters. The molecule has 0 aromatic heterocycles. The first-order chi connectivity index (χ1) is 20.0. The van der Waals surface area contributed by atoms with Crippen LogP contribution in [0.5, 0.6) is 11.5 Å². The van der Waals surface area contributed by atoms with Crippen molar-refractivity contribution in [2.24, 2.45) is 0 Å². The number of rotatable bonds is 14. The van der Waals surface area contributed by atoms with Crippen LogP contribution in [0.2, 0.25) is 0 Å². The van der Waals surface area contributed by atoms with Crippen molar-refractivity contribution in [1.29, 1.82) is 0 Å². The predicted molar refractivity (Wildman–Crippen MR) is 165 cm³/mol. The number of benzene rings is 3. The van der Waals surface area contributed by atoms with E-state index >= 15 is 0 Å². The molecule has 9 nitrogen and oxygen atoms in total. The van der Waals surface area contributed by atoms with Crippen LogP contribution >= 0.6 is 0 Å².